The van der Waals surface area contributed by atoms with Crippen molar-refractivity contribution in [2.24, 2.45) is 10.7 Å². The Labute approximate surface area is 69.0 Å². The maximum Gasteiger partial charge on any atom is 0.391 e. The molecule has 0 bridgehead atoms. The third kappa shape index (κ3) is 2.18. The Hall–Kier alpha value is -1.14. The van der Waals surface area contributed by atoms with Crippen LogP contribution in [0, 0.1) is 0 Å². The molecule has 1 heterocycles. The highest BCUT2D eigenvalue weighted by atomic mass is 16.7. The maximum atomic E-state index is 10.9. The third-order valence-electron chi connectivity index (χ3n) is 1.25. The molecule has 0 spiro atoms. The summed E-state index contributed by atoms with van der Waals surface area (Å²) in [7, 11) is 0. The minimum absolute atomic E-state index is 0.0658. The highest BCUT2D eigenvalue weighted by molar-refractivity contribution is 5.87. The van der Waals surface area contributed by atoms with Crippen LogP contribution in [0.2, 0.25) is 0 Å². The van der Waals surface area contributed by atoms with Gasteiger partial charge < -0.3 is 20.3 Å². The van der Waals surface area contributed by atoms with E-state index < -0.39 is 18.6 Å². The summed E-state index contributed by atoms with van der Waals surface area (Å²) >= 11 is 0. The predicted molar refractivity (Wildman–Crippen MR) is 39.4 cm³/mol. The summed E-state index contributed by atoms with van der Waals surface area (Å²) in [5.41, 5.74) is 5.16. The highest BCUT2D eigenvalue weighted by Gasteiger charge is 2.19. The number of aliphatic imine (C=N–C) groups is 1. The van der Waals surface area contributed by atoms with E-state index in [4.69, 9.17) is 15.6 Å². The lowest BCUT2D eigenvalue weighted by molar-refractivity contribution is -0.139. The van der Waals surface area contributed by atoms with E-state index in [2.05, 4.69) is 9.73 Å². The number of ether oxygens (including phenoxy) is 2. The van der Waals surface area contributed by atoms with Crippen LogP contribution in [0.15, 0.2) is 4.99 Å². The van der Waals surface area contributed by atoms with Gasteiger partial charge in [0.1, 0.15) is 12.6 Å². The van der Waals surface area contributed by atoms with Crippen molar-refractivity contribution in [1.82, 2.24) is 0 Å². The fourth-order valence-corrected chi connectivity index (χ4v) is 0.614. The zero-order chi connectivity index (χ0) is 8.97. The summed E-state index contributed by atoms with van der Waals surface area (Å²) in [6.07, 6.45) is -0.0658. The molecule has 0 aromatic carbocycles. The average molecular weight is 174 g/mol. The first kappa shape index (κ1) is 8.95. The lowest BCUT2D eigenvalue weighted by atomic mass is 10.3. The van der Waals surface area contributed by atoms with Crippen LogP contribution in [0.3, 0.4) is 0 Å². The summed E-state index contributed by atoms with van der Waals surface area (Å²) in [4.78, 5) is 14.6. The van der Waals surface area contributed by atoms with Gasteiger partial charge in [-0.2, -0.15) is 0 Å². The molecule has 6 nitrogen and oxygen atoms in total. The third-order valence-corrected chi connectivity index (χ3v) is 1.25. The molecule has 68 valence electrons. The van der Waals surface area contributed by atoms with E-state index in [0.717, 1.165) is 0 Å². The summed E-state index contributed by atoms with van der Waals surface area (Å²) in [6.45, 7) is 0.445. The quantitative estimate of drug-likeness (QED) is 0.483. The molecular formula is C6H10N2O4. The Morgan fingerprint density at radius 1 is 1.92 bits per heavy atom. The van der Waals surface area contributed by atoms with Crippen molar-refractivity contribution in [3.8, 4) is 0 Å². The summed E-state index contributed by atoms with van der Waals surface area (Å²) in [6, 6.07) is -1.03. The number of hydrogen-bond acceptors (Lipinski definition) is 6. The number of nitrogens with zero attached hydrogens (tertiary/aromatic N) is 1. The number of carbonyl (C=O) groups excluding carboxylic acids is 1. The maximum absolute atomic E-state index is 10.9. The normalized spacial score (nSPS) is 18.0. The second-order valence-electron chi connectivity index (χ2n) is 2.21. The van der Waals surface area contributed by atoms with E-state index >= 15 is 0 Å². The Morgan fingerprint density at radius 3 is 3.17 bits per heavy atom. The molecule has 3 N–H and O–H groups in total. The SMILES string of the molecule is N[C@@H](CO)C(=O)OC1=NCCO1. The first-order chi connectivity index (χ1) is 5.74. The van der Waals surface area contributed by atoms with Crippen LogP contribution >= 0.6 is 0 Å². The van der Waals surface area contributed by atoms with Gasteiger partial charge in [-0.3, -0.25) is 0 Å². The van der Waals surface area contributed by atoms with Crippen LogP contribution < -0.4 is 5.73 Å². The van der Waals surface area contributed by atoms with Gasteiger partial charge in [-0.25, -0.2) is 9.79 Å². The van der Waals surface area contributed by atoms with E-state index in [0.29, 0.717) is 13.2 Å². The second-order valence-corrected chi connectivity index (χ2v) is 2.21. The van der Waals surface area contributed by atoms with Crippen molar-refractivity contribution in [3.63, 3.8) is 0 Å². The largest absolute Gasteiger partial charge is 0.448 e. The number of aliphatic hydroxyl groups excluding tert-OH is 1. The van der Waals surface area contributed by atoms with Crippen molar-refractivity contribution in [2.45, 2.75) is 6.04 Å². The molecule has 1 aliphatic heterocycles. The Morgan fingerprint density at radius 2 is 2.67 bits per heavy atom. The molecule has 0 unspecified atom stereocenters. The Bertz CT molecular complexity index is 204. The zero-order valence-corrected chi connectivity index (χ0v) is 6.40. The van der Waals surface area contributed by atoms with Gasteiger partial charge in [0, 0.05) is 0 Å². The fourth-order valence-electron chi connectivity index (χ4n) is 0.614. The van der Waals surface area contributed by atoms with Crippen molar-refractivity contribution in [2.75, 3.05) is 19.8 Å². The van der Waals surface area contributed by atoms with Gasteiger partial charge >= 0.3 is 12.1 Å². The fraction of sp³-hybridized carbons (Fsp3) is 0.667. The van der Waals surface area contributed by atoms with Crippen LogP contribution in [-0.4, -0.2) is 43.0 Å². The molecule has 6 heteroatoms. The summed E-state index contributed by atoms with van der Waals surface area (Å²) in [5.74, 6) is -0.738. The number of nitrogens with two attached hydrogens (primary N) is 1. The van der Waals surface area contributed by atoms with Crippen molar-refractivity contribution < 1.29 is 19.4 Å². The smallest absolute Gasteiger partial charge is 0.391 e. The van der Waals surface area contributed by atoms with Crippen LogP contribution in [-0.2, 0) is 14.3 Å². The molecule has 12 heavy (non-hydrogen) atoms. The first-order valence-electron chi connectivity index (χ1n) is 3.49. The van der Waals surface area contributed by atoms with Gasteiger partial charge in [-0.15, -0.1) is 0 Å². The molecule has 0 aliphatic carbocycles. The van der Waals surface area contributed by atoms with Gasteiger partial charge in [-0.1, -0.05) is 0 Å². The predicted octanol–water partition coefficient (Wildman–Crippen LogP) is -1.76. The van der Waals surface area contributed by atoms with Crippen molar-refractivity contribution in [1.29, 1.82) is 0 Å². The molecule has 1 aliphatic rings. The highest BCUT2D eigenvalue weighted by Crippen LogP contribution is 1.97. The summed E-state index contributed by atoms with van der Waals surface area (Å²) < 4.78 is 9.36. The molecule has 0 saturated carbocycles. The molecular weight excluding hydrogens is 164 g/mol. The van der Waals surface area contributed by atoms with Crippen LogP contribution in [0.4, 0.5) is 0 Å². The van der Waals surface area contributed by atoms with Gasteiger partial charge in [-0.05, 0) is 0 Å². The molecule has 1 atom stereocenters. The Kier molecular flexibility index (Phi) is 3.01. The van der Waals surface area contributed by atoms with Crippen LogP contribution in [0.5, 0.6) is 0 Å². The molecule has 0 aromatic heterocycles. The minimum atomic E-state index is -1.03. The van der Waals surface area contributed by atoms with Crippen molar-refractivity contribution in [3.05, 3.63) is 0 Å². The van der Waals surface area contributed by atoms with E-state index in [-0.39, 0.29) is 6.08 Å². The van der Waals surface area contributed by atoms with E-state index in [1.54, 1.807) is 0 Å². The van der Waals surface area contributed by atoms with Gasteiger partial charge in [0.15, 0.2) is 0 Å². The number of aliphatic hydroxyl groups is 1. The molecule has 0 radical (unpaired) electrons. The molecule has 0 fully saturated rings. The van der Waals surface area contributed by atoms with Gasteiger partial charge in [0.05, 0.1) is 13.2 Å². The Balaban J connectivity index is 2.35. The molecule has 0 aromatic rings. The molecule has 1 rings (SSSR count). The van der Waals surface area contributed by atoms with E-state index in [9.17, 15) is 4.79 Å². The first-order valence-corrected chi connectivity index (χ1v) is 3.49. The van der Waals surface area contributed by atoms with E-state index in [1.165, 1.54) is 0 Å². The van der Waals surface area contributed by atoms with E-state index in [1.807, 2.05) is 0 Å². The summed E-state index contributed by atoms with van der Waals surface area (Å²) in [5, 5.41) is 8.47. The number of carbonyl (C=O) groups is 1. The van der Waals surface area contributed by atoms with Crippen LogP contribution in [0.1, 0.15) is 0 Å². The second kappa shape index (κ2) is 4.03. The van der Waals surface area contributed by atoms with Crippen molar-refractivity contribution >= 4 is 12.1 Å². The number of esters is 1. The number of rotatable bonds is 2. The van der Waals surface area contributed by atoms with Crippen LogP contribution in [0.25, 0.3) is 0 Å². The standard InChI is InChI=1S/C6H10N2O4/c7-4(3-9)5(10)12-6-8-1-2-11-6/h4,9H,1-3,7H2/t4-/m0/s1. The lowest BCUT2D eigenvalue weighted by Crippen LogP contribution is -2.36. The zero-order valence-electron chi connectivity index (χ0n) is 6.40. The van der Waals surface area contributed by atoms with Gasteiger partial charge in [0.2, 0.25) is 0 Å². The minimum Gasteiger partial charge on any atom is -0.448 e. The molecule has 0 amide bonds. The average Bonchev–Trinajstić information content (AvgIpc) is 2.55. The lowest BCUT2D eigenvalue weighted by Gasteiger charge is -2.06. The number of hydrogen-bond donors (Lipinski definition) is 2. The molecule has 0 saturated heterocycles. The topological polar surface area (TPSA) is 94.1 Å². The van der Waals surface area contributed by atoms with Gasteiger partial charge in [0.25, 0.3) is 0 Å². The monoisotopic (exact) mass is 174 g/mol.